The number of nitrogens with one attached hydrogen (secondary N) is 1. The Morgan fingerprint density at radius 2 is 2.26 bits per heavy atom. The van der Waals surface area contributed by atoms with Crippen LogP contribution in [0.25, 0.3) is 0 Å². The fourth-order valence-corrected chi connectivity index (χ4v) is 3.72. The van der Waals surface area contributed by atoms with E-state index in [2.05, 4.69) is 4.72 Å². The Bertz CT molecular complexity index is 517. The molecule has 1 atom stereocenters. The van der Waals surface area contributed by atoms with Crippen molar-refractivity contribution in [2.24, 2.45) is 5.92 Å². The number of benzene rings is 1. The van der Waals surface area contributed by atoms with E-state index < -0.39 is 10.0 Å². The molecule has 1 heterocycles. The second-order valence-corrected chi connectivity index (χ2v) is 6.61. The van der Waals surface area contributed by atoms with Gasteiger partial charge in [-0.2, -0.15) is 0 Å². The number of anilines is 1. The van der Waals surface area contributed by atoms with Crippen molar-refractivity contribution in [2.75, 3.05) is 25.5 Å². The number of ether oxygens (including phenoxy) is 1. The summed E-state index contributed by atoms with van der Waals surface area (Å²) < 4.78 is 32.3. The van der Waals surface area contributed by atoms with E-state index in [-0.39, 0.29) is 10.6 Å². The molecule has 1 aliphatic rings. The van der Waals surface area contributed by atoms with Crippen LogP contribution >= 0.6 is 0 Å². The predicted molar refractivity (Wildman–Crippen MR) is 74.3 cm³/mol. The molecule has 1 aromatic carbocycles. The predicted octanol–water partition coefficient (Wildman–Crippen LogP) is 1.28. The minimum absolute atomic E-state index is 0.192. The van der Waals surface area contributed by atoms with Crippen molar-refractivity contribution < 1.29 is 13.2 Å². The summed E-state index contributed by atoms with van der Waals surface area (Å²) in [5.74, 6) is 0.455. The molecule has 106 valence electrons. The van der Waals surface area contributed by atoms with E-state index in [0.29, 0.717) is 18.0 Å². The van der Waals surface area contributed by atoms with Gasteiger partial charge >= 0.3 is 0 Å². The molecule has 1 aliphatic heterocycles. The minimum Gasteiger partial charge on any atom is -0.398 e. The van der Waals surface area contributed by atoms with Crippen LogP contribution in [0.15, 0.2) is 23.1 Å². The molecule has 1 aromatic rings. The molecule has 2 rings (SSSR count). The number of rotatable bonds is 5. The van der Waals surface area contributed by atoms with Gasteiger partial charge in [0.05, 0.1) is 5.69 Å². The van der Waals surface area contributed by atoms with Crippen LogP contribution < -0.4 is 10.5 Å². The average molecular weight is 284 g/mol. The zero-order valence-electron chi connectivity index (χ0n) is 11.1. The minimum atomic E-state index is -3.53. The molecule has 19 heavy (non-hydrogen) atoms. The summed E-state index contributed by atoms with van der Waals surface area (Å²) in [4.78, 5) is 0.192. The van der Waals surface area contributed by atoms with Crippen molar-refractivity contribution >= 4 is 15.7 Å². The monoisotopic (exact) mass is 284 g/mol. The number of nitrogen functional groups attached to an aromatic ring is 1. The highest BCUT2D eigenvalue weighted by Crippen LogP contribution is 2.22. The summed E-state index contributed by atoms with van der Waals surface area (Å²) in [6.07, 6.45) is 1.80. The maximum absolute atomic E-state index is 12.2. The highest BCUT2D eigenvalue weighted by Gasteiger charge is 2.21. The van der Waals surface area contributed by atoms with Gasteiger partial charge < -0.3 is 10.5 Å². The van der Waals surface area contributed by atoms with Gasteiger partial charge in [0.15, 0.2) is 0 Å². The van der Waals surface area contributed by atoms with Gasteiger partial charge in [-0.15, -0.1) is 0 Å². The molecule has 0 bridgehead atoms. The summed E-state index contributed by atoms with van der Waals surface area (Å²) >= 11 is 0. The van der Waals surface area contributed by atoms with E-state index in [1.54, 1.807) is 25.1 Å². The first-order chi connectivity index (χ1) is 9.00. The molecule has 0 spiro atoms. The molecule has 5 nitrogen and oxygen atoms in total. The van der Waals surface area contributed by atoms with Crippen LogP contribution in [-0.2, 0) is 14.8 Å². The quantitative estimate of drug-likeness (QED) is 0.798. The molecular formula is C13H20N2O3S. The lowest BCUT2D eigenvalue weighted by Gasteiger charge is -2.13. The SMILES string of the molecule is Cc1cccc(N)c1S(=O)(=O)NCCC1CCOC1. The summed E-state index contributed by atoms with van der Waals surface area (Å²) in [7, 11) is -3.53. The maximum atomic E-state index is 12.2. The standard InChI is InChI=1S/C13H20N2O3S/c1-10-3-2-4-12(14)13(10)19(16,17)15-7-5-11-6-8-18-9-11/h2-4,11,15H,5-9,14H2,1H3. The normalized spacial score (nSPS) is 19.7. The van der Waals surface area contributed by atoms with Gasteiger partial charge in [-0.05, 0) is 37.3 Å². The van der Waals surface area contributed by atoms with Crippen LogP contribution in [0.2, 0.25) is 0 Å². The second kappa shape index (κ2) is 5.90. The number of sulfonamides is 1. The second-order valence-electron chi connectivity index (χ2n) is 4.91. The van der Waals surface area contributed by atoms with Gasteiger partial charge in [-0.25, -0.2) is 13.1 Å². The molecule has 6 heteroatoms. The molecule has 0 amide bonds. The molecule has 0 aliphatic carbocycles. The first-order valence-corrected chi connectivity index (χ1v) is 7.91. The smallest absolute Gasteiger partial charge is 0.242 e. The molecule has 1 saturated heterocycles. The van der Waals surface area contributed by atoms with E-state index in [4.69, 9.17) is 10.5 Å². The molecule has 3 N–H and O–H groups in total. The van der Waals surface area contributed by atoms with Gasteiger partial charge in [-0.3, -0.25) is 0 Å². The van der Waals surface area contributed by atoms with Gasteiger partial charge in [0, 0.05) is 19.8 Å². The summed E-state index contributed by atoms with van der Waals surface area (Å²) in [6, 6.07) is 5.10. The first kappa shape index (κ1) is 14.3. The van der Waals surface area contributed by atoms with Crippen molar-refractivity contribution in [1.82, 2.24) is 4.72 Å². The zero-order valence-corrected chi connectivity index (χ0v) is 11.9. The van der Waals surface area contributed by atoms with Crippen LogP contribution in [0.3, 0.4) is 0 Å². The fraction of sp³-hybridized carbons (Fsp3) is 0.538. The number of aryl methyl sites for hydroxylation is 1. The van der Waals surface area contributed by atoms with Gasteiger partial charge in [0.2, 0.25) is 10.0 Å². The van der Waals surface area contributed by atoms with E-state index in [1.165, 1.54) is 0 Å². The van der Waals surface area contributed by atoms with Crippen molar-refractivity contribution in [1.29, 1.82) is 0 Å². The first-order valence-electron chi connectivity index (χ1n) is 6.43. The van der Waals surface area contributed by atoms with E-state index in [0.717, 1.165) is 26.1 Å². The lowest BCUT2D eigenvalue weighted by molar-refractivity contribution is 0.184. The average Bonchev–Trinajstić information content (AvgIpc) is 2.81. The molecular weight excluding hydrogens is 264 g/mol. The summed E-state index contributed by atoms with van der Waals surface area (Å²) in [6.45, 7) is 3.68. The Morgan fingerprint density at radius 3 is 2.89 bits per heavy atom. The topological polar surface area (TPSA) is 81.4 Å². The Balaban J connectivity index is 2.01. The molecule has 0 aromatic heterocycles. The third kappa shape index (κ3) is 3.46. The highest BCUT2D eigenvalue weighted by molar-refractivity contribution is 7.89. The van der Waals surface area contributed by atoms with Crippen molar-refractivity contribution in [3.8, 4) is 0 Å². The van der Waals surface area contributed by atoms with Crippen LogP contribution in [0.5, 0.6) is 0 Å². The number of hydrogen-bond donors (Lipinski definition) is 2. The Hall–Kier alpha value is -1.11. The fourth-order valence-electron chi connectivity index (χ4n) is 2.32. The van der Waals surface area contributed by atoms with Gasteiger partial charge in [0.1, 0.15) is 4.90 Å². The highest BCUT2D eigenvalue weighted by atomic mass is 32.2. The van der Waals surface area contributed by atoms with Gasteiger partial charge in [-0.1, -0.05) is 12.1 Å². The molecule has 0 radical (unpaired) electrons. The Labute approximate surface area is 114 Å². The molecule has 0 saturated carbocycles. The third-order valence-corrected chi connectivity index (χ3v) is 5.06. The van der Waals surface area contributed by atoms with Crippen LogP contribution in [-0.4, -0.2) is 28.2 Å². The Kier molecular flexibility index (Phi) is 4.44. The van der Waals surface area contributed by atoms with E-state index in [1.807, 2.05) is 0 Å². The third-order valence-electron chi connectivity index (χ3n) is 3.38. The van der Waals surface area contributed by atoms with Crippen molar-refractivity contribution in [3.63, 3.8) is 0 Å². The number of nitrogens with two attached hydrogens (primary N) is 1. The Morgan fingerprint density at radius 1 is 1.47 bits per heavy atom. The van der Waals surface area contributed by atoms with E-state index in [9.17, 15) is 8.42 Å². The van der Waals surface area contributed by atoms with E-state index >= 15 is 0 Å². The zero-order chi connectivity index (χ0) is 13.9. The summed E-state index contributed by atoms with van der Waals surface area (Å²) in [5, 5.41) is 0. The van der Waals surface area contributed by atoms with Crippen LogP contribution in [0, 0.1) is 12.8 Å². The maximum Gasteiger partial charge on any atom is 0.242 e. The summed E-state index contributed by atoms with van der Waals surface area (Å²) in [5.41, 5.74) is 6.71. The molecule has 1 unspecified atom stereocenters. The van der Waals surface area contributed by atoms with Gasteiger partial charge in [0.25, 0.3) is 0 Å². The van der Waals surface area contributed by atoms with Crippen molar-refractivity contribution in [2.45, 2.75) is 24.7 Å². The van der Waals surface area contributed by atoms with Crippen LogP contribution in [0.4, 0.5) is 5.69 Å². The lowest BCUT2D eigenvalue weighted by atomic mass is 10.1. The van der Waals surface area contributed by atoms with Crippen molar-refractivity contribution in [3.05, 3.63) is 23.8 Å². The largest absolute Gasteiger partial charge is 0.398 e. The van der Waals surface area contributed by atoms with Crippen LogP contribution in [0.1, 0.15) is 18.4 Å². The number of hydrogen-bond acceptors (Lipinski definition) is 4. The lowest BCUT2D eigenvalue weighted by Crippen LogP contribution is -2.27. The molecule has 1 fully saturated rings.